The van der Waals surface area contributed by atoms with Crippen molar-refractivity contribution in [1.29, 1.82) is 0 Å². The van der Waals surface area contributed by atoms with E-state index in [-0.39, 0.29) is 19.0 Å². The number of aryl methyl sites for hydroxylation is 1. The number of carbonyl (C=O) groups is 2. The number of benzene rings is 2. The first-order chi connectivity index (χ1) is 12.2. The van der Waals surface area contributed by atoms with Crippen molar-refractivity contribution in [2.45, 2.75) is 20.8 Å². The summed E-state index contributed by atoms with van der Waals surface area (Å²) < 4.78 is 39.8. The fraction of sp³-hybridized carbons (Fsp3) is 0.263. The first kappa shape index (κ1) is 19.5. The van der Waals surface area contributed by atoms with E-state index in [1.165, 1.54) is 11.8 Å². The maximum absolute atomic E-state index is 13.6. The predicted octanol–water partition coefficient (Wildman–Crippen LogP) is 3.50. The second-order valence-corrected chi connectivity index (χ2v) is 5.87. The highest BCUT2D eigenvalue weighted by molar-refractivity contribution is 5.95. The molecule has 0 fully saturated rings. The largest absolute Gasteiger partial charge is 0.350 e. The molecule has 2 aromatic rings. The molecule has 1 N–H and O–H groups in total. The molecular formula is C19H19F3N2O2. The summed E-state index contributed by atoms with van der Waals surface area (Å²) in [6.07, 6.45) is 0. The van der Waals surface area contributed by atoms with Crippen molar-refractivity contribution < 1.29 is 22.8 Å². The lowest BCUT2D eigenvalue weighted by Crippen LogP contribution is -2.38. The number of hydrogen-bond acceptors (Lipinski definition) is 2. The predicted molar refractivity (Wildman–Crippen MR) is 92.6 cm³/mol. The maximum Gasteiger partial charge on any atom is 0.254 e. The Balaban J connectivity index is 2.09. The van der Waals surface area contributed by atoms with Gasteiger partial charge in [0.25, 0.3) is 5.91 Å². The van der Waals surface area contributed by atoms with Crippen LogP contribution in [0.1, 0.15) is 28.4 Å². The van der Waals surface area contributed by atoms with Gasteiger partial charge in [0, 0.05) is 25.7 Å². The zero-order chi connectivity index (χ0) is 19.4. The van der Waals surface area contributed by atoms with Crippen LogP contribution in [-0.2, 0) is 4.79 Å². The van der Waals surface area contributed by atoms with Crippen molar-refractivity contribution in [2.75, 3.05) is 18.0 Å². The van der Waals surface area contributed by atoms with Gasteiger partial charge in [-0.05, 0) is 43.2 Å². The Hall–Kier alpha value is -2.83. The summed E-state index contributed by atoms with van der Waals surface area (Å²) in [4.78, 5) is 25.4. The molecule has 0 atom stereocenters. The molecule has 0 saturated carbocycles. The SMILES string of the molecule is CC(=O)N(CCNC(=O)c1ccc(F)c(F)c1F)c1cccc(C)c1C. The summed E-state index contributed by atoms with van der Waals surface area (Å²) in [6, 6.07) is 7.09. The van der Waals surface area contributed by atoms with Crippen molar-refractivity contribution in [2.24, 2.45) is 0 Å². The molecule has 0 saturated heterocycles. The van der Waals surface area contributed by atoms with E-state index in [0.29, 0.717) is 11.8 Å². The van der Waals surface area contributed by atoms with Crippen LogP contribution in [0.2, 0.25) is 0 Å². The van der Waals surface area contributed by atoms with Crippen LogP contribution in [-0.4, -0.2) is 24.9 Å². The van der Waals surface area contributed by atoms with Crippen LogP contribution in [0.4, 0.5) is 18.9 Å². The molecule has 2 rings (SSSR count). The number of nitrogens with one attached hydrogen (secondary N) is 1. The minimum absolute atomic E-state index is 0.0181. The van der Waals surface area contributed by atoms with Crippen LogP contribution >= 0.6 is 0 Å². The first-order valence-corrected chi connectivity index (χ1v) is 8.00. The molecule has 0 unspecified atom stereocenters. The van der Waals surface area contributed by atoms with Gasteiger partial charge in [-0.2, -0.15) is 0 Å². The number of amides is 2. The van der Waals surface area contributed by atoms with Gasteiger partial charge in [-0.1, -0.05) is 12.1 Å². The van der Waals surface area contributed by atoms with Crippen LogP contribution in [0.25, 0.3) is 0 Å². The minimum atomic E-state index is -1.70. The Morgan fingerprint density at radius 1 is 1.04 bits per heavy atom. The molecule has 0 aliphatic carbocycles. The summed E-state index contributed by atoms with van der Waals surface area (Å²) in [5.74, 6) is -5.70. The molecule has 0 radical (unpaired) electrons. The molecule has 0 heterocycles. The Kier molecular flexibility index (Phi) is 6.02. The molecular weight excluding hydrogens is 345 g/mol. The third-order valence-electron chi connectivity index (χ3n) is 4.15. The van der Waals surface area contributed by atoms with Gasteiger partial charge in [0.1, 0.15) is 0 Å². The molecule has 138 valence electrons. The molecule has 0 spiro atoms. The minimum Gasteiger partial charge on any atom is -0.350 e. The van der Waals surface area contributed by atoms with Gasteiger partial charge in [0.15, 0.2) is 17.5 Å². The number of anilines is 1. The lowest BCUT2D eigenvalue weighted by molar-refractivity contribution is -0.116. The average Bonchev–Trinajstić information content (AvgIpc) is 2.59. The number of carbonyl (C=O) groups excluding carboxylic acids is 2. The van der Waals surface area contributed by atoms with Crippen LogP contribution in [0.3, 0.4) is 0 Å². The van der Waals surface area contributed by atoms with E-state index in [0.717, 1.165) is 17.2 Å². The molecule has 2 amide bonds. The number of nitrogens with zero attached hydrogens (tertiary/aromatic N) is 1. The van der Waals surface area contributed by atoms with E-state index in [1.807, 2.05) is 26.0 Å². The Labute approximate surface area is 149 Å². The van der Waals surface area contributed by atoms with Crippen LogP contribution < -0.4 is 10.2 Å². The van der Waals surface area contributed by atoms with Crippen molar-refractivity contribution in [3.05, 3.63) is 64.5 Å². The smallest absolute Gasteiger partial charge is 0.254 e. The number of halogens is 3. The Morgan fingerprint density at radius 3 is 2.38 bits per heavy atom. The van der Waals surface area contributed by atoms with Crippen LogP contribution in [0, 0.1) is 31.3 Å². The topological polar surface area (TPSA) is 49.4 Å². The number of hydrogen-bond donors (Lipinski definition) is 1. The summed E-state index contributed by atoms with van der Waals surface area (Å²) in [5.41, 5.74) is 2.07. The highest BCUT2D eigenvalue weighted by Crippen LogP contribution is 2.22. The van der Waals surface area contributed by atoms with Gasteiger partial charge < -0.3 is 10.2 Å². The summed E-state index contributed by atoms with van der Waals surface area (Å²) in [5, 5.41) is 2.41. The summed E-state index contributed by atoms with van der Waals surface area (Å²) in [6.45, 7) is 5.38. The standard InChI is InChI=1S/C19H19F3N2O2/c1-11-5-4-6-16(12(11)2)24(13(3)25)10-9-23-19(26)14-7-8-15(20)18(22)17(14)21/h4-8H,9-10H2,1-3H3,(H,23,26). The maximum atomic E-state index is 13.6. The zero-order valence-electron chi connectivity index (χ0n) is 14.7. The molecule has 4 nitrogen and oxygen atoms in total. The van der Waals surface area contributed by atoms with E-state index >= 15 is 0 Å². The molecule has 0 aromatic heterocycles. The van der Waals surface area contributed by atoms with Gasteiger partial charge in [-0.15, -0.1) is 0 Å². The van der Waals surface area contributed by atoms with Gasteiger partial charge >= 0.3 is 0 Å². The first-order valence-electron chi connectivity index (χ1n) is 8.00. The lowest BCUT2D eigenvalue weighted by atomic mass is 10.1. The Bertz CT molecular complexity index is 853. The second kappa shape index (κ2) is 8.03. The average molecular weight is 364 g/mol. The van der Waals surface area contributed by atoms with Crippen LogP contribution in [0.5, 0.6) is 0 Å². The fourth-order valence-electron chi connectivity index (χ4n) is 2.55. The van der Waals surface area contributed by atoms with Crippen molar-refractivity contribution >= 4 is 17.5 Å². The van der Waals surface area contributed by atoms with E-state index in [9.17, 15) is 22.8 Å². The highest BCUT2D eigenvalue weighted by atomic mass is 19.2. The second-order valence-electron chi connectivity index (χ2n) is 5.87. The van der Waals surface area contributed by atoms with E-state index < -0.39 is 28.9 Å². The lowest BCUT2D eigenvalue weighted by Gasteiger charge is -2.24. The van der Waals surface area contributed by atoms with Gasteiger partial charge in [0.05, 0.1) is 5.56 Å². The fourth-order valence-corrected chi connectivity index (χ4v) is 2.55. The van der Waals surface area contributed by atoms with Crippen LogP contribution in [0.15, 0.2) is 30.3 Å². The van der Waals surface area contributed by atoms with Crippen molar-refractivity contribution in [3.63, 3.8) is 0 Å². The van der Waals surface area contributed by atoms with E-state index in [2.05, 4.69) is 5.32 Å². The van der Waals surface area contributed by atoms with Gasteiger partial charge in [-0.25, -0.2) is 13.2 Å². The summed E-state index contributed by atoms with van der Waals surface area (Å²) >= 11 is 0. The molecule has 26 heavy (non-hydrogen) atoms. The molecule has 2 aromatic carbocycles. The molecule has 0 aliphatic rings. The van der Waals surface area contributed by atoms with E-state index in [4.69, 9.17) is 0 Å². The molecule has 0 aliphatic heterocycles. The van der Waals surface area contributed by atoms with Gasteiger partial charge in [0.2, 0.25) is 5.91 Å². The Morgan fingerprint density at radius 2 is 1.73 bits per heavy atom. The third kappa shape index (κ3) is 4.04. The number of rotatable bonds is 5. The molecule has 7 heteroatoms. The monoisotopic (exact) mass is 364 g/mol. The normalized spacial score (nSPS) is 10.5. The third-order valence-corrected chi connectivity index (χ3v) is 4.15. The highest BCUT2D eigenvalue weighted by Gasteiger charge is 2.19. The van der Waals surface area contributed by atoms with Gasteiger partial charge in [-0.3, -0.25) is 9.59 Å². The van der Waals surface area contributed by atoms with Crippen molar-refractivity contribution in [3.8, 4) is 0 Å². The zero-order valence-corrected chi connectivity index (χ0v) is 14.7. The quantitative estimate of drug-likeness (QED) is 0.826. The molecule has 0 bridgehead atoms. The van der Waals surface area contributed by atoms with E-state index in [1.54, 1.807) is 6.07 Å². The van der Waals surface area contributed by atoms with Crippen molar-refractivity contribution in [1.82, 2.24) is 5.32 Å². The summed E-state index contributed by atoms with van der Waals surface area (Å²) in [7, 11) is 0.